The molecule has 0 unspecified atom stereocenters. The summed E-state index contributed by atoms with van der Waals surface area (Å²) < 4.78 is 1.69. The van der Waals surface area contributed by atoms with Crippen LogP contribution >= 0.6 is 0 Å². The predicted molar refractivity (Wildman–Crippen MR) is 72.1 cm³/mol. The van der Waals surface area contributed by atoms with Gasteiger partial charge in [-0.3, -0.25) is 9.88 Å². The van der Waals surface area contributed by atoms with E-state index in [1.807, 2.05) is 13.8 Å². The summed E-state index contributed by atoms with van der Waals surface area (Å²) in [7, 11) is 0. The van der Waals surface area contributed by atoms with E-state index in [-0.39, 0.29) is 0 Å². The molecule has 8 heteroatoms. The Hall–Kier alpha value is -2.27. The second-order valence-corrected chi connectivity index (χ2v) is 5.36. The summed E-state index contributed by atoms with van der Waals surface area (Å²) in [6, 6.07) is 2.35. The number of nitrogens with zero attached hydrogens (tertiary/aromatic N) is 8. The summed E-state index contributed by atoms with van der Waals surface area (Å²) in [5.74, 6) is 0.891. The molecule has 0 aromatic carbocycles. The van der Waals surface area contributed by atoms with E-state index in [9.17, 15) is 5.26 Å². The fraction of sp³-hybridized carbons (Fsp3) is 0.583. The molecule has 2 aromatic rings. The number of fused-ring (bicyclic) bond motifs is 1. The summed E-state index contributed by atoms with van der Waals surface area (Å²) in [6.45, 7) is 7.22. The van der Waals surface area contributed by atoms with E-state index in [0.29, 0.717) is 5.65 Å². The molecular weight excluding hydrogens is 256 g/mol. The molecule has 0 atom stereocenters. The van der Waals surface area contributed by atoms with Crippen molar-refractivity contribution in [1.82, 2.24) is 29.9 Å². The summed E-state index contributed by atoms with van der Waals surface area (Å²) >= 11 is 0. The topological polar surface area (TPSA) is 86.2 Å². The lowest BCUT2D eigenvalue weighted by atomic mass is 10.0. The average Bonchev–Trinajstić information content (AvgIpc) is 2.95. The van der Waals surface area contributed by atoms with Crippen molar-refractivity contribution in [2.75, 3.05) is 31.1 Å². The Bertz CT molecular complexity index is 647. The van der Waals surface area contributed by atoms with Crippen molar-refractivity contribution < 1.29 is 0 Å². The standard InChI is InChI=1S/C12H16N8/c1-12(2,9-13)19-5-3-18(4-6-19)11-8-14-7-10-15-16-17-20(10)11/h7-8H,3-6H2,1-2H3. The van der Waals surface area contributed by atoms with Gasteiger partial charge in [0.2, 0.25) is 0 Å². The maximum absolute atomic E-state index is 9.20. The van der Waals surface area contributed by atoms with Crippen LogP contribution in [0.4, 0.5) is 5.82 Å². The monoisotopic (exact) mass is 272 g/mol. The van der Waals surface area contributed by atoms with Crippen LogP contribution in [0, 0.1) is 11.3 Å². The zero-order valence-corrected chi connectivity index (χ0v) is 11.6. The molecule has 1 aliphatic heterocycles. The number of anilines is 1. The fourth-order valence-corrected chi connectivity index (χ4v) is 2.44. The van der Waals surface area contributed by atoms with Crippen molar-refractivity contribution in [2.24, 2.45) is 0 Å². The highest BCUT2D eigenvalue weighted by Crippen LogP contribution is 2.20. The summed E-state index contributed by atoms with van der Waals surface area (Å²) in [6.07, 6.45) is 3.41. The van der Waals surface area contributed by atoms with E-state index in [1.165, 1.54) is 0 Å². The number of nitriles is 1. The third-order valence-corrected chi connectivity index (χ3v) is 3.76. The van der Waals surface area contributed by atoms with Gasteiger partial charge in [0.15, 0.2) is 11.5 Å². The maximum atomic E-state index is 9.20. The molecule has 8 nitrogen and oxygen atoms in total. The highest BCUT2D eigenvalue weighted by Gasteiger charge is 2.30. The van der Waals surface area contributed by atoms with Crippen molar-refractivity contribution >= 4 is 11.5 Å². The molecule has 1 saturated heterocycles. The zero-order chi connectivity index (χ0) is 14.2. The van der Waals surface area contributed by atoms with Crippen LogP contribution in [0.1, 0.15) is 13.8 Å². The first-order valence-corrected chi connectivity index (χ1v) is 6.55. The van der Waals surface area contributed by atoms with Gasteiger partial charge in [0.25, 0.3) is 0 Å². The second kappa shape index (κ2) is 4.68. The predicted octanol–water partition coefficient (Wildman–Crippen LogP) is -0.0565. The molecule has 0 bridgehead atoms. The molecule has 2 aromatic heterocycles. The average molecular weight is 272 g/mol. The largest absolute Gasteiger partial charge is 0.353 e. The van der Waals surface area contributed by atoms with Gasteiger partial charge in [0, 0.05) is 26.2 Å². The minimum absolute atomic E-state index is 0.425. The minimum Gasteiger partial charge on any atom is -0.353 e. The lowest BCUT2D eigenvalue weighted by Crippen LogP contribution is -2.54. The highest BCUT2D eigenvalue weighted by molar-refractivity contribution is 5.46. The van der Waals surface area contributed by atoms with Gasteiger partial charge in [-0.05, 0) is 24.3 Å². The van der Waals surface area contributed by atoms with Crippen LogP contribution in [0.2, 0.25) is 0 Å². The Morgan fingerprint density at radius 2 is 1.95 bits per heavy atom. The molecule has 0 aliphatic carbocycles. The van der Waals surface area contributed by atoms with Crippen molar-refractivity contribution in [3.05, 3.63) is 12.4 Å². The van der Waals surface area contributed by atoms with Crippen LogP contribution in [-0.4, -0.2) is 61.6 Å². The first kappa shape index (κ1) is 12.7. The minimum atomic E-state index is -0.425. The molecule has 3 heterocycles. The van der Waals surface area contributed by atoms with Crippen molar-refractivity contribution in [2.45, 2.75) is 19.4 Å². The van der Waals surface area contributed by atoms with Crippen molar-refractivity contribution in [1.29, 1.82) is 5.26 Å². The zero-order valence-electron chi connectivity index (χ0n) is 11.6. The van der Waals surface area contributed by atoms with E-state index in [2.05, 4.69) is 36.4 Å². The molecule has 104 valence electrons. The number of piperazine rings is 1. The third-order valence-electron chi connectivity index (χ3n) is 3.76. The Labute approximate surface area is 116 Å². The Morgan fingerprint density at radius 1 is 1.20 bits per heavy atom. The second-order valence-electron chi connectivity index (χ2n) is 5.36. The third kappa shape index (κ3) is 2.06. The number of aromatic nitrogens is 5. The molecule has 0 spiro atoms. The van der Waals surface area contributed by atoms with Crippen molar-refractivity contribution in [3.8, 4) is 6.07 Å². The van der Waals surface area contributed by atoms with Gasteiger partial charge in [-0.1, -0.05) is 0 Å². The summed E-state index contributed by atoms with van der Waals surface area (Å²) in [5, 5.41) is 20.8. The highest BCUT2D eigenvalue weighted by atomic mass is 15.5. The van der Waals surface area contributed by atoms with Gasteiger partial charge < -0.3 is 4.90 Å². The number of rotatable bonds is 2. The van der Waals surface area contributed by atoms with Crippen LogP contribution < -0.4 is 4.90 Å². The van der Waals surface area contributed by atoms with Gasteiger partial charge in [-0.2, -0.15) is 9.78 Å². The molecule has 20 heavy (non-hydrogen) atoms. The molecule has 0 saturated carbocycles. The summed E-state index contributed by atoms with van der Waals surface area (Å²) in [5.41, 5.74) is 0.216. The smallest absolute Gasteiger partial charge is 0.199 e. The van der Waals surface area contributed by atoms with Gasteiger partial charge in [-0.15, -0.1) is 5.10 Å². The van der Waals surface area contributed by atoms with Gasteiger partial charge >= 0.3 is 0 Å². The molecule has 0 radical (unpaired) electrons. The first-order valence-electron chi connectivity index (χ1n) is 6.55. The van der Waals surface area contributed by atoms with Crippen LogP contribution in [0.5, 0.6) is 0 Å². The van der Waals surface area contributed by atoms with Crippen LogP contribution in [0.3, 0.4) is 0 Å². The fourth-order valence-electron chi connectivity index (χ4n) is 2.44. The number of hydrogen-bond donors (Lipinski definition) is 0. The first-order chi connectivity index (χ1) is 9.62. The Balaban J connectivity index is 1.79. The number of tetrazole rings is 1. The summed E-state index contributed by atoms with van der Waals surface area (Å²) in [4.78, 5) is 8.56. The molecule has 1 aliphatic rings. The van der Waals surface area contributed by atoms with Gasteiger partial charge in [0.1, 0.15) is 5.54 Å². The van der Waals surface area contributed by atoms with E-state index in [4.69, 9.17) is 0 Å². The Kier molecular flexibility index (Phi) is 2.99. The van der Waals surface area contributed by atoms with E-state index >= 15 is 0 Å². The molecular formula is C12H16N8. The van der Waals surface area contributed by atoms with Crippen LogP contribution in [0.25, 0.3) is 5.65 Å². The number of hydrogen-bond acceptors (Lipinski definition) is 7. The lowest BCUT2D eigenvalue weighted by molar-refractivity contribution is 0.157. The quantitative estimate of drug-likeness (QED) is 0.757. The molecule has 0 amide bonds. The Morgan fingerprint density at radius 3 is 2.65 bits per heavy atom. The SMILES string of the molecule is CC(C)(C#N)N1CCN(c2cncc3nnnn23)CC1. The molecule has 3 rings (SSSR count). The van der Waals surface area contributed by atoms with Gasteiger partial charge in [0.05, 0.1) is 18.5 Å². The van der Waals surface area contributed by atoms with Crippen LogP contribution in [0.15, 0.2) is 12.4 Å². The molecule has 1 fully saturated rings. The van der Waals surface area contributed by atoms with Crippen LogP contribution in [-0.2, 0) is 0 Å². The lowest BCUT2D eigenvalue weighted by Gasteiger charge is -2.40. The van der Waals surface area contributed by atoms with E-state index in [0.717, 1.165) is 32.0 Å². The van der Waals surface area contributed by atoms with Gasteiger partial charge in [-0.25, -0.2) is 0 Å². The van der Waals surface area contributed by atoms with Crippen molar-refractivity contribution in [3.63, 3.8) is 0 Å². The normalized spacial score (nSPS) is 17.4. The van der Waals surface area contributed by atoms with E-state index in [1.54, 1.807) is 16.9 Å². The molecule has 0 N–H and O–H groups in total. The van der Waals surface area contributed by atoms with E-state index < -0.39 is 5.54 Å². The maximum Gasteiger partial charge on any atom is 0.199 e.